The predicted octanol–water partition coefficient (Wildman–Crippen LogP) is 2.70. The summed E-state index contributed by atoms with van der Waals surface area (Å²) in [5.41, 5.74) is 4.97. The number of aryl methyl sites for hydroxylation is 2. The number of carbonyl (C=O) groups excluding carboxylic acids is 1. The van der Waals surface area contributed by atoms with Gasteiger partial charge in [0.2, 0.25) is 5.91 Å². The number of nitrogens with zero attached hydrogens (tertiary/aromatic N) is 3. The van der Waals surface area contributed by atoms with E-state index in [4.69, 9.17) is 14.6 Å². The number of methoxy groups -OCH3 is 1. The molecule has 2 aliphatic heterocycles. The van der Waals surface area contributed by atoms with Gasteiger partial charge < -0.3 is 14.8 Å². The van der Waals surface area contributed by atoms with Crippen molar-refractivity contribution in [3.63, 3.8) is 0 Å². The molecule has 7 nitrogen and oxygen atoms in total. The maximum Gasteiger partial charge on any atom is 0.220 e. The Kier molecular flexibility index (Phi) is 7.25. The van der Waals surface area contributed by atoms with Crippen LogP contribution in [0.1, 0.15) is 48.7 Å². The fraction of sp³-hybridized carbons (Fsp3) is 0.583. The van der Waals surface area contributed by atoms with Gasteiger partial charge >= 0.3 is 0 Å². The van der Waals surface area contributed by atoms with Crippen molar-refractivity contribution in [2.75, 3.05) is 26.8 Å². The first-order chi connectivity index (χ1) is 15.2. The number of aromatic nitrogens is 2. The molecule has 4 rings (SSSR count). The van der Waals surface area contributed by atoms with E-state index in [0.717, 1.165) is 69.8 Å². The summed E-state index contributed by atoms with van der Waals surface area (Å²) in [4.78, 5) is 14.9. The highest BCUT2D eigenvalue weighted by molar-refractivity contribution is 5.76. The van der Waals surface area contributed by atoms with Crippen LogP contribution in [0.2, 0.25) is 0 Å². The molecule has 1 saturated heterocycles. The van der Waals surface area contributed by atoms with Crippen molar-refractivity contribution in [2.45, 2.75) is 64.8 Å². The Labute approximate surface area is 184 Å². The lowest BCUT2D eigenvalue weighted by Crippen LogP contribution is -2.44. The Morgan fingerprint density at radius 1 is 1.26 bits per heavy atom. The number of ether oxygens (including phenoxy) is 2. The summed E-state index contributed by atoms with van der Waals surface area (Å²) in [7, 11) is 1.66. The molecule has 0 saturated carbocycles. The van der Waals surface area contributed by atoms with Crippen molar-refractivity contribution in [3.05, 3.63) is 46.8 Å². The molecule has 7 heteroatoms. The third-order valence-corrected chi connectivity index (χ3v) is 6.40. The van der Waals surface area contributed by atoms with E-state index >= 15 is 0 Å². The van der Waals surface area contributed by atoms with Crippen LogP contribution in [0.5, 0.6) is 5.75 Å². The molecule has 1 amide bonds. The molecule has 1 aromatic carbocycles. The molecular formula is C24H34N4O3. The minimum Gasteiger partial charge on any atom is -0.497 e. The van der Waals surface area contributed by atoms with Crippen LogP contribution in [-0.2, 0) is 42.1 Å². The molecule has 0 bridgehead atoms. The molecule has 0 radical (unpaired) electrons. The van der Waals surface area contributed by atoms with Gasteiger partial charge in [-0.15, -0.1) is 0 Å². The van der Waals surface area contributed by atoms with E-state index in [1.807, 2.05) is 24.3 Å². The van der Waals surface area contributed by atoms with Gasteiger partial charge in [0.1, 0.15) is 5.75 Å². The van der Waals surface area contributed by atoms with Gasteiger partial charge in [-0.05, 0) is 43.9 Å². The van der Waals surface area contributed by atoms with E-state index < -0.39 is 0 Å². The molecule has 0 unspecified atom stereocenters. The van der Waals surface area contributed by atoms with Gasteiger partial charge in [0, 0.05) is 56.3 Å². The second-order valence-corrected chi connectivity index (χ2v) is 8.46. The Morgan fingerprint density at radius 2 is 2.03 bits per heavy atom. The summed E-state index contributed by atoms with van der Waals surface area (Å²) < 4.78 is 13.0. The highest BCUT2D eigenvalue weighted by Gasteiger charge is 2.25. The van der Waals surface area contributed by atoms with Crippen LogP contribution in [0.15, 0.2) is 24.3 Å². The zero-order valence-corrected chi connectivity index (χ0v) is 18.7. The fourth-order valence-corrected chi connectivity index (χ4v) is 4.56. The second kappa shape index (κ2) is 10.3. The van der Waals surface area contributed by atoms with Gasteiger partial charge in [0.25, 0.3) is 0 Å². The van der Waals surface area contributed by atoms with Crippen molar-refractivity contribution in [2.24, 2.45) is 0 Å². The van der Waals surface area contributed by atoms with Gasteiger partial charge in [-0.3, -0.25) is 14.4 Å². The predicted molar refractivity (Wildman–Crippen MR) is 119 cm³/mol. The zero-order valence-electron chi connectivity index (χ0n) is 18.7. The molecule has 0 atom stereocenters. The number of amides is 1. The minimum atomic E-state index is 0.141. The first kappa shape index (κ1) is 21.8. The number of benzene rings is 1. The molecule has 31 heavy (non-hydrogen) atoms. The average Bonchev–Trinajstić information content (AvgIpc) is 3.17. The molecule has 1 aromatic heterocycles. The molecule has 2 aromatic rings. The van der Waals surface area contributed by atoms with E-state index in [-0.39, 0.29) is 11.9 Å². The summed E-state index contributed by atoms with van der Waals surface area (Å²) in [6.45, 7) is 7.38. The average molecular weight is 427 g/mol. The summed E-state index contributed by atoms with van der Waals surface area (Å²) in [6, 6.07) is 8.19. The first-order valence-electron chi connectivity index (χ1n) is 11.5. The lowest BCUT2D eigenvalue weighted by atomic mass is 10.0. The van der Waals surface area contributed by atoms with E-state index in [1.165, 1.54) is 17.0 Å². The van der Waals surface area contributed by atoms with E-state index in [0.29, 0.717) is 13.0 Å². The number of piperidine rings is 1. The number of nitrogens with one attached hydrogen (secondary N) is 1. The Morgan fingerprint density at radius 3 is 2.74 bits per heavy atom. The normalized spacial score (nSPS) is 17.4. The highest BCUT2D eigenvalue weighted by atomic mass is 16.5. The molecule has 3 heterocycles. The van der Waals surface area contributed by atoms with Gasteiger partial charge in [0.15, 0.2) is 0 Å². The van der Waals surface area contributed by atoms with Crippen LogP contribution in [-0.4, -0.2) is 53.4 Å². The smallest absolute Gasteiger partial charge is 0.220 e. The standard InChI is InChI=1S/C24H34N4O3/c1-3-28-23-12-15-31-17-21(23)22(26-28)16-27-13-10-19(11-14-27)25-24(29)9-6-18-4-7-20(30-2)8-5-18/h4-5,7-8,19H,3,6,9-17H2,1-2H3,(H,25,29). The van der Waals surface area contributed by atoms with Crippen LogP contribution in [0, 0.1) is 0 Å². The number of likely N-dealkylation sites (tertiary alicyclic amines) is 1. The van der Waals surface area contributed by atoms with Gasteiger partial charge in [0.05, 0.1) is 26.0 Å². The molecule has 0 spiro atoms. The molecule has 2 aliphatic rings. The van der Waals surface area contributed by atoms with Crippen LogP contribution in [0.25, 0.3) is 0 Å². The van der Waals surface area contributed by atoms with Crippen molar-refractivity contribution in [3.8, 4) is 5.75 Å². The number of rotatable bonds is 8. The number of hydrogen-bond donors (Lipinski definition) is 1. The molecule has 0 aliphatic carbocycles. The van der Waals surface area contributed by atoms with Crippen molar-refractivity contribution < 1.29 is 14.3 Å². The van der Waals surface area contributed by atoms with E-state index in [2.05, 4.69) is 21.8 Å². The summed E-state index contributed by atoms with van der Waals surface area (Å²) in [5.74, 6) is 0.983. The third-order valence-electron chi connectivity index (χ3n) is 6.40. The maximum absolute atomic E-state index is 12.4. The minimum absolute atomic E-state index is 0.141. The maximum atomic E-state index is 12.4. The highest BCUT2D eigenvalue weighted by Crippen LogP contribution is 2.23. The van der Waals surface area contributed by atoms with Crippen LogP contribution >= 0.6 is 0 Å². The lowest BCUT2D eigenvalue weighted by Gasteiger charge is -2.32. The topological polar surface area (TPSA) is 68.6 Å². The molecular weight excluding hydrogens is 392 g/mol. The van der Waals surface area contributed by atoms with Gasteiger partial charge in [-0.1, -0.05) is 12.1 Å². The lowest BCUT2D eigenvalue weighted by molar-refractivity contribution is -0.122. The van der Waals surface area contributed by atoms with Crippen LogP contribution in [0.4, 0.5) is 0 Å². The Bertz CT molecular complexity index is 870. The van der Waals surface area contributed by atoms with E-state index in [1.54, 1.807) is 7.11 Å². The number of carbonyl (C=O) groups is 1. The summed E-state index contributed by atoms with van der Waals surface area (Å²) in [6.07, 6.45) is 4.21. The monoisotopic (exact) mass is 426 g/mol. The Hall–Kier alpha value is -2.38. The van der Waals surface area contributed by atoms with Crippen molar-refractivity contribution in [1.29, 1.82) is 0 Å². The molecule has 1 fully saturated rings. The Balaban J connectivity index is 1.22. The summed E-state index contributed by atoms with van der Waals surface area (Å²) in [5, 5.41) is 8.08. The van der Waals surface area contributed by atoms with Crippen molar-refractivity contribution in [1.82, 2.24) is 20.0 Å². The van der Waals surface area contributed by atoms with E-state index in [9.17, 15) is 4.79 Å². The van der Waals surface area contributed by atoms with Gasteiger partial charge in [-0.25, -0.2) is 0 Å². The first-order valence-corrected chi connectivity index (χ1v) is 11.5. The number of hydrogen-bond acceptors (Lipinski definition) is 5. The quantitative estimate of drug-likeness (QED) is 0.703. The third kappa shape index (κ3) is 5.46. The number of fused-ring (bicyclic) bond motifs is 1. The largest absolute Gasteiger partial charge is 0.497 e. The summed E-state index contributed by atoms with van der Waals surface area (Å²) >= 11 is 0. The second-order valence-electron chi connectivity index (χ2n) is 8.46. The molecule has 168 valence electrons. The van der Waals surface area contributed by atoms with Crippen molar-refractivity contribution >= 4 is 5.91 Å². The SMILES string of the molecule is CCn1nc(CN2CCC(NC(=O)CCc3ccc(OC)cc3)CC2)c2c1CCOC2. The zero-order chi connectivity index (χ0) is 21.6. The molecule has 1 N–H and O–H groups in total. The van der Waals surface area contributed by atoms with Crippen LogP contribution < -0.4 is 10.1 Å². The fourth-order valence-electron chi connectivity index (χ4n) is 4.56. The van der Waals surface area contributed by atoms with Crippen LogP contribution in [0.3, 0.4) is 0 Å². The van der Waals surface area contributed by atoms with Gasteiger partial charge in [-0.2, -0.15) is 5.10 Å².